The number of aromatic nitrogens is 5. The number of rotatable bonds is 6. The third-order valence-electron chi connectivity index (χ3n) is 4.68. The molecule has 3 heterocycles. The first kappa shape index (κ1) is 16.7. The number of carbonyl (C=O) groups excluding carboxylic acids is 1. The molecule has 0 aliphatic carbocycles. The van der Waals surface area contributed by atoms with Crippen LogP contribution in [0.25, 0.3) is 0 Å². The highest BCUT2D eigenvalue weighted by Crippen LogP contribution is 2.20. The zero-order chi connectivity index (χ0) is 16.9. The topological polar surface area (TPSA) is 68.8 Å². The largest absolute Gasteiger partial charge is 0.338 e. The predicted molar refractivity (Wildman–Crippen MR) is 90.3 cm³/mol. The Hall–Kier alpha value is -2.18. The van der Waals surface area contributed by atoms with Crippen LogP contribution in [-0.4, -0.2) is 47.9 Å². The fraction of sp³-hybridized carbons (Fsp3) is 0.647. The molecule has 0 saturated carbocycles. The molecular formula is C17H26N6O. The van der Waals surface area contributed by atoms with Crippen LogP contribution in [0.1, 0.15) is 43.5 Å². The van der Waals surface area contributed by atoms with Crippen LogP contribution in [0.4, 0.5) is 0 Å². The molecule has 1 aliphatic heterocycles. The van der Waals surface area contributed by atoms with Gasteiger partial charge in [0, 0.05) is 25.2 Å². The zero-order valence-electron chi connectivity index (χ0n) is 14.6. The number of likely N-dealkylation sites (tertiary alicyclic amines) is 1. The van der Waals surface area contributed by atoms with Crippen LogP contribution < -0.4 is 0 Å². The number of hydrogen-bond acceptors (Lipinski definition) is 4. The van der Waals surface area contributed by atoms with E-state index in [-0.39, 0.29) is 11.9 Å². The monoisotopic (exact) mass is 330 g/mol. The lowest BCUT2D eigenvalue weighted by atomic mass is 10.0. The van der Waals surface area contributed by atoms with Crippen LogP contribution in [0.15, 0.2) is 18.7 Å². The zero-order valence-corrected chi connectivity index (χ0v) is 14.6. The standard InChI is InChI=1S/C17H26N6O/c1-14-10-15(2)23(20-14)11-16-6-3-4-9-22(16)17(24)7-5-8-21-13-18-12-19-21/h10,12-13,16H,3-9,11H2,1-2H3. The Labute approximate surface area is 142 Å². The van der Waals surface area contributed by atoms with Crippen molar-refractivity contribution in [1.82, 2.24) is 29.4 Å². The average molecular weight is 330 g/mol. The lowest BCUT2D eigenvalue weighted by molar-refractivity contribution is -0.135. The van der Waals surface area contributed by atoms with Crippen LogP contribution >= 0.6 is 0 Å². The quantitative estimate of drug-likeness (QED) is 0.812. The van der Waals surface area contributed by atoms with E-state index in [1.807, 2.05) is 11.6 Å². The molecule has 0 aromatic carbocycles. The summed E-state index contributed by atoms with van der Waals surface area (Å²) >= 11 is 0. The second-order valence-corrected chi connectivity index (χ2v) is 6.61. The molecule has 2 aromatic rings. The molecule has 3 rings (SSSR count). The van der Waals surface area contributed by atoms with Gasteiger partial charge in [-0.1, -0.05) is 0 Å². The van der Waals surface area contributed by atoms with Crippen molar-refractivity contribution in [2.75, 3.05) is 6.54 Å². The maximum absolute atomic E-state index is 12.7. The second-order valence-electron chi connectivity index (χ2n) is 6.61. The average Bonchev–Trinajstić information content (AvgIpc) is 3.18. The first-order valence-corrected chi connectivity index (χ1v) is 8.76. The molecule has 0 radical (unpaired) electrons. The Balaban J connectivity index is 1.56. The van der Waals surface area contributed by atoms with Gasteiger partial charge in [-0.05, 0) is 45.6 Å². The maximum Gasteiger partial charge on any atom is 0.222 e. The molecule has 1 unspecified atom stereocenters. The lowest BCUT2D eigenvalue weighted by Crippen LogP contribution is -2.46. The molecule has 1 amide bonds. The van der Waals surface area contributed by atoms with Gasteiger partial charge in [0.15, 0.2) is 0 Å². The van der Waals surface area contributed by atoms with E-state index in [0.717, 1.165) is 50.3 Å². The van der Waals surface area contributed by atoms with Crippen LogP contribution in [0, 0.1) is 13.8 Å². The fourth-order valence-electron chi connectivity index (χ4n) is 3.46. The molecule has 7 heteroatoms. The molecule has 0 N–H and O–H groups in total. The van der Waals surface area contributed by atoms with Crippen molar-refractivity contribution in [2.24, 2.45) is 0 Å². The summed E-state index contributed by atoms with van der Waals surface area (Å²) in [5.74, 6) is 0.251. The summed E-state index contributed by atoms with van der Waals surface area (Å²) in [5, 5.41) is 8.63. The fourth-order valence-corrected chi connectivity index (χ4v) is 3.46. The van der Waals surface area contributed by atoms with Crippen molar-refractivity contribution in [1.29, 1.82) is 0 Å². The first-order chi connectivity index (χ1) is 11.6. The van der Waals surface area contributed by atoms with Crippen molar-refractivity contribution in [3.63, 3.8) is 0 Å². The van der Waals surface area contributed by atoms with E-state index in [0.29, 0.717) is 6.42 Å². The molecule has 24 heavy (non-hydrogen) atoms. The summed E-state index contributed by atoms with van der Waals surface area (Å²) in [7, 11) is 0. The summed E-state index contributed by atoms with van der Waals surface area (Å²) in [5.41, 5.74) is 2.20. The summed E-state index contributed by atoms with van der Waals surface area (Å²) in [4.78, 5) is 18.7. The lowest BCUT2D eigenvalue weighted by Gasteiger charge is -2.36. The highest BCUT2D eigenvalue weighted by Gasteiger charge is 2.27. The van der Waals surface area contributed by atoms with Gasteiger partial charge in [0.25, 0.3) is 0 Å². The SMILES string of the molecule is Cc1cc(C)n(CC2CCCCN2C(=O)CCCn2cncn2)n1. The summed E-state index contributed by atoms with van der Waals surface area (Å²) in [6.45, 7) is 6.49. The second kappa shape index (κ2) is 7.59. The van der Waals surface area contributed by atoms with Crippen molar-refractivity contribution < 1.29 is 4.79 Å². The number of carbonyl (C=O) groups is 1. The number of nitrogens with zero attached hydrogens (tertiary/aromatic N) is 6. The van der Waals surface area contributed by atoms with Gasteiger partial charge in [-0.25, -0.2) is 4.98 Å². The van der Waals surface area contributed by atoms with Crippen LogP contribution in [0.2, 0.25) is 0 Å². The molecule has 7 nitrogen and oxygen atoms in total. The Bertz CT molecular complexity index is 663. The van der Waals surface area contributed by atoms with Crippen molar-refractivity contribution in [3.8, 4) is 0 Å². The molecule has 1 saturated heterocycles. The van der Waals surface area contributed by atoms with Gasteiger partial charge in [0.2, 0.25) is 5.91 Å². The van der Waals surface area contributed by atoms with E-state index in [1.54, 1.807) is 11.0 Å². The van der Waals surface area contributed by atoms with E-state index in [1.165, 1.54) is 12.7 Å². The summed E-state index contributed by atoms with van der Waals surface area (Å²) in [6.07, 6.45) is 7.93. The van der Waals surface area contributed by atoms with E-state index >= 15 is 0 Å². The van der Waals surface area contributed by atoms with Gasteiger partial charge in [-0.2, -0.15) is 10.2 Å². The smallest absolute Gasteiger partial charge is 0.222 e. The summed E-state index contributed by atoms with van der Waals surface area (Å²) in [6, 6.07) is 2.35. The predicted octanol–water partition coefficient (Wildman–Crippen LogP) is 1.95. The minimum absolute atomic E-state index is 0.251. The van der Waals surface area contributed by atoms with Gasteiger partial charge < -0.3 is 4.90 Å². The first-order valence-electron chi connectivity index (χ1n) is 8.76. The highest BCUT2D eigenvalue weighted by molar-refractivity contribution is 5.76. The van der Waals surface area contributed by atoms with Crippen LogP contribution in [0.5, 0.6) is 0 Å². The van der Waals surface area contributed by atoms with Gasteiger partial charge in [-0.15, -0.1) is 0 Å². The number of amides is 1. The van der Waals surface area contributed by atoms with E-state index in [4.69, 9.17) is 0 Å². The Kier molecular flexibility index (Phi) is 5.27. The molecule has 0 bridgehead atoms. The molecule has 0 spiro atoms. The molecule has 1 atom stereocenters. The van der Waals surface area contributed by atoms with E-state index in [9.17, 15) is 4.79 Å². The summed E-state index contributed by atoms with van der Waals surface area (Å²) < 4.78 is 3.82. The Morgan fingerprint density at radius 2 is 2.21 bits per heavy atom. The minimum atomic E-state index is 0.251. The molecule has 1 aliphatic rings. The van der Waals surface area contributed by atoms with Crippen LogP contribution in [0.3, 0.4) is 0 Å². The molecule has 130 valence electrons. The van der Waals surface area contributed by atoms with Crippen molar-refractivity contribution in [3.05, 3.63) is 30.1 Å². The van der Waals surface area contributed by atoms with Crippen molar-refractivity contribution in [2.45, 2.75) is 65.1 Å². The Morgan fingerprint density at radius 1 is 1.33 bits per heavy atom. The van der Waals surface area contributed by atoms with E-state index < -0.39 is 0 Å². The van der Waals surface area contributed by atoms with Gasteiger partial charge in [-0.3, -0.25) is 14.2 Å². The maximum atomic E-state index is 12.7. The van der Waals surface area contributed by atoms with Crippen molar-refractivity contribution >= 4 is 5.91 Å². The normalized spacial score (nSPS) is 18.1. The van der Waals surface area contributed by atoms with Gasteiger partial charge >= 0.3 is 0 Å². The Morgan fingerprint density at radius 3 is 2.92 bits per heavy atom. The highest BCUT2D eigenvalue weighted by atomic mass is 16.2. The molecule has 2 aromatic heterocycles. The minimum Gasteiger partial charge on any atom is -0.338 e. The van der Waals surface area contributed by atoms with Gasteiger partial charge in [0.05, 0.1) is 18.3 Å². The van der Waals surface area contributed by atoms with E-state index in [2.05, 4.69) is 33.1 Å². The third kappa shape index (κ3) is 4.01. The molecular weight excluding hydrogens is 304 g/mol. The van der Waals surface area contributed by atoms with Gasteiger partial charge in [0.1, 0.15) is 12.7 Å². The molecule has 1 fully saturated rings. The number of piperidine rings is 1. The number of aryl methyl sites for hydroxylation is 3. The number of hydrogen-bond donors (Lipinski definition) is 0. The van der Waals surface area contributed by atoms with Crippen LogP contribution in [-0.2, 0) is 17.9 Å². The third-order valence-corrected chi connectivity index (χ3v) is 4.68.